The second kappa shape index (κ2) is 5.25. The van der Waals surface area contributed by atoms with Gasteiger partial charge in [0.15, 0.2) is 0 Å². The van der Waals surface area contributed by atoms with Crippen LogP contribution in [0.5, 0.6) is 0 Å². The predicted octanol–water partition coefficient (Wildman–Crippen LogP) is 2.06. The molecule has 2 heterocycles. The van der Waals surface area contributed by atoms with Gasteiger partial charge in [0, 0.05) is 41.0 Å². The molecule has 0 saturated carbocycles. The molecule has 0 radical (unpaired) electrons. The summed E-state index contributed by atoms with van der Waals surface area (Å²) in [6.07, 6.45) is 7.57. The van der Waals surface area contributed by atoms with Crippen LogP contribution in [0.15, 0.2) is 41.4 Å². The Bertz CT molecular complexity index is 515. The number of hydrogen-bond donors (Lipinski definition) is 2. The third-order valence-electron chi connectivity index (χ3n) is 2.54. The van der Waals surface area contributed by atoms with Crippen molar-refractivity contribution in [2.75, 3.05) is 5.73 Å². The van der Waals surface area contributed by atoms with Crippen molar-refractivity contribution in [3.63, 3.8) is 0 Å². The van der Waals surface area contributed by atoms with Crippen LogP contribution in [0.4, 0.5) is 5.69 Å². The molecule has 4 N–H and O–H groups in total. The molecule has 0 aliphatic rings. The number of rotatable bonds is 3. The normalized spacial score (nSPS) is 12.4. The highest BCUT2D eigenvalue weighted by molar-refractivity contribution is 9.10. The topological polar surface area (TPSA) is 77.8 Å². The van der Waals surface area contributed by atoms with E-state index in [0.29, 0.717) is 6.42 Å². The van der Waals surface area contributed by atoms with Gasteiger partial charge < -0.3 is 11.5 Å². The van der Waals surface area contributed by atoms with Crippen LogP contribution >= 0.6 is 15.9 Å². The second-order valence-corrected chi connectivity index (χ2v) is 4.74. The number of halogens is 1. The summed E-state index contributed by atoms with van der Waals surface area (Å²) in [4.78, 5) is 8.14. The number of nitrogen functional groups attached to an aromatic ring is 1. The Morgan fingerprint density at radius 1 is 1.24 bits per heavy atom. The fourth-order valence-electron chi connectivity index (χ4n) is 1.59. The summed E-state index contributed by atoms with van der Waals surface area (Å²) in [7, 11) is 0. The highest BCUT2D eigenvalue weighted by Gasteiger charge is 2.10. The zero-order valence-electron chi connectivity index (χ0n) is 9.18. The van der Waals surface area contributed by atoms with Crippen molar-refractivity contribution in [1.29, 1.82) is 0 Å². The molecule has 0 spiro atoms. The smallest absolute Gasteiger partial charge is 0.0410 e. The van der Waals surface area contributed by atoms with E-state index in [1.54, 1.807) is 30.9 Å². The second-order valence-electron chi connectivity index (χ2n) is 3.82. The van der Waals surface area contributed by atoms with Gasteiger partial charge in [-0.2, -0.15) is 0 Å². The monoisotopic (exact) mass is 292 g/mol. The average molecular weight is 293 g/mol. The van der Waals surface area contributed by atoms with Crippen LogP contribution in [0.25, 0.3) is 0 Å². The number of aromatic nitrogens is 2. The number of hydrogen-bond acceptors (Lipinski definition) is 4. The first-order chi connectivity index (χ1) is 8.16. The summed E-state index contributed by atoms with van der Waals surface area (Å²) in [6, 6.07) is 3.61. The third kappa shape index (κ3) is 3.01. The van der Waals surface area contributed by atoms with E-state index in [2.05, 4.69) is 25.9 Å². The Hall–Kier alpha value is -1.46. The molecule has 0 bridgehead atoms. The fourth-order valence-corrected chi connectivity index (χ4v) is 1.98. The number of nitrogens with zero attached hydrogens (tertiary/aromatic N) is 2. The van der Waals surface area contributed by atoms with E-state index < -0.39 is 0 Å². The van der Waals surface area contributed by atoms with E-state index in [9.17, 15) is 0 Å². The minimum atomic E-state index is -0.133. The van der Waals surface area contributed by atoms with Gasteiger partial charge in [0.25, 0.3) is 0 Å². The van der Waals surface area contributed by atoms with Crippen LogP contribution in [0.2, 0.25) is 0 Å². The van der Waals surface area contributed by atoms with Gasteiger partial charge in [-0.25, -0.2) is 0 Å². The van der Waals surface area contributed by atoms with Gasteiger partial charge in [0.2, 0.25) is 0 Å². The highest BCUT2D eigenvalue weighted by Crippen LogP contribution is 2.20. The van der Waals surface area contributed by atoms with Gasteiger partial charge in [-0.1, -0.05) is 0 Å². The quantitative estimate of drug-likeness (QED) is 0.908. The van der Waals surface area contributed by atoms with Crippen molar-refractivity contribution in [3.05, 3.63) is 52.5 Å². The average Bonchev–Trinajstić information content (AvgIpc) is 2.32. The molecule has 0 aliphatic carbocycles. The van der Waals surface area contributed by atoms with Crippen molar-refractivity contribution in [2.24, 2.45) is 5.73 Å². The lowest BCUT2D eigenvalue weighted by atomic mass is 10.0. The van der Waals surface area contributed by atoms with Gasteiger partial charge in [-0.15, -0.1) is 0 Å². The highest BCUT2D eigenvalue weighted by atomic mass is 79.9. The van der Waals surface area contributed by atoms with Crippen molar-refractivity contribution in [1.82, 2.24) is 9.97 Å². The Kier molecular flexibility index (Phi) is 3.71. The minimum absolute atomic E-state index is 0.133. The zero-order chi connectivity index (χ0) is 12.3. The number of pyridine rings is 2. The van der Waals surface area contributed by atoms with Crippen LogP contribution in [-0.2, 0) is 6.42 Å². The van der Waals surface area contributed by atoms with Gasteiger partial charge in [-0.3, -0.25) is 9.97 Å². The first-order valence-electron chi connectivity index (χ1n) is 5.21. The SMILES string of the molecule is Nc1ccncc1CC(N)c1cncc(Br)c1. The largest absolute Gasteiger partial charge is 0.398 e. The van der Waals surface area contributed by atoms with Crippen molar-refractivity contribution >= 4 is 21.6 Å². The van der Waals surface area contributed by atoms with Crippen molar-refractivity contribution < 1.29 is 0 Å². The lowest BCUT2D eigenvalue weighted by molar-refractivity contribution is 0.716. The maximum Gasteiger partial charge on any atom is 0.0410 e. The summed E-state index contributed by atoms with van der Waals surface area (Å²) in [5.41, 5.74) is 14.6. The minimum Gasteiger partial charge on any atom is -0.398 e. The van der Waals surface area contributed by atoms with Crippen LogP contribution in [0, 0.1) is 0 Å². The molecule has 2 aromatic rings. The molecule has 88 valence electrons. The Balaban J connectivity index is 2.17. The maximum atomic E-state index is 6.12. The van der Waals surface area contributed by atoms with Gasteiger partial charge in [-0.05, 0) is 45.6 Å². The van der Waals surface area contributed by atoms with Crippen LogP contribution in [0.3, 0.4) is 0 Å². The van der Waals surface area contributed by atoms with E-state index in [0.717, 1.165) is 21.3 Å². The third-order valence-corrected chi connectivity index (χ3v) is 2.97. The van der Waals surface area contributed by atoms with Gasteiger partial charge >= 0.3 is 0 Å². The Morgan fingerprint density at radius 2 is 2.06 bits per heavy atom. The molecule has 4 nitrogen and oxygen atoms in total. The molecule has 0 aromatic carbocycles. The first kappa shape index (κ1) is 12.0. The Morgan fingerprint density at radius 3 is 2.76 bits per heavy atom. The molecule has 0 amide bonds. The Labute approximate surface area is 108 Å². The van der Waals surface area contributed by atoms with E-state index in [-0.39, 0.29) is 6.04 Å². The summed E-state index contributed by atoms with van der Waals surface area (Å²) in [6.45, 7) is 0. The zero-order valence-corrected chi connectivity index (χ0v) is 10.8. The maximum absolute atomic E-state index is 6.12. The van der Waals surface area contributed by atoms with Crippen molar-refractivity contribution in [2.45, 2.75) is 12.5 Å². The molecule has 17 heavy (non-hydrogen) atoms. The van der Waals surface area contributed by atoms with E-state index in [1.165, 1.54) is 0 Å². The molecule has 5 heteroatoms. The van der Waals surface area contributed by atoms with E-state index in [4.69, 9.17) is 11.5 Å². The van der Waals surface area contributed by atoms with Crippen molar-refractivity contribution in [3.8, 4) is 0 Å². The number of anilines is 1. The predicted molar refractivity (Wildman–Crippen MR) is 71.2 cm³/mol. The molecular weight excluding hydrogens is 280 g/mol. The first-order valence-corrected chi connectivity index (χ1v) is 6.00. The molecule has 1 unspecified atom stereocenters. The molecule has 1 atom stereocenters. The molecule has 2 rings (SSSR count). The summed E-state index contributed by atoms with van der Waals surface area (Å²) in [5, 5.41) is 0. The lowest BCUT2D eigenvalue weighted by Crippen LogP contribution is -2.14. The summed E-state index contributed by atoms with van der Waals surface area (Å²) < 4.78 is 0.921. The number of nitrogens with two attached hydrogens (primary N) is 2. The fraction of sp³-hybridized carbons (Fsp3) is 0.167. The summed E-state index contributed by atoms with van der Waals surface area (Å²) in [5.74, 6) is 0. The molecule has 0 saturated heterocycles. The summed E-state index contributed by atoms with van der Waals surface area (Å²) >= 11 is 3.38. The molecule has 2 aromatic heterocycles. The standard InChI is InChI=1S/C12H13BrN4/c13-10-3-8(6-17-7-10)12(15)4-9-5-16-2-1-11(9)14/h1-3,5-7,12H,4,15H2,(H2,14,16). The van der Waals surface area contributed by atoms with E-state index in [1.807, 2.05) is 6.07 Å². The lowest BCUT2D eigenvalue weighted by Gasteiger charge is -2.13. The molecule has 0 fully saturated rings. The van der Waals surface area contributed by atoms with Crippen LogP contribution < -0.4 is 11.5 Å². The van der Waals surface area contributed by atoms with Crippen LogP contribution in [0.1, 0.15) is 17.2 Å². The van der Waals surface area contributed by atoms with Gasteiger partial charge in [0.05, 0.1) is 0 Å². The molecular formula is C12H13BrN4. The van der Waals surface area contributed by atoms with Gasteiger partial charge in [0.1, 0.15) is 0 Å². The molecule has 0 aliphatic heterocycles. The van der Waals surface area contributed by atoms with E-state index >= 15 is 0 Å². The van der Waals surface area contributed by atoms with Crippen LogP contribution in [-0.4, -0.2) is 9.97 Å².